The molecule has 1 spiro atoms. The van der Waals surface area contributed by atoms with Gasteiger partial charge in [0.15, 0.2) is 0 Å². The van der Waals surface area contributed by atoms with E-state index in [4.69, 9.17) is 4.74 Å². The fourth-order valence-electron chi connectivity index (χ4n) is 3.80. The highest BCUT2D eigenvalue weighted by atomic mass is 19.1. The molecule has 2 aliphatic rings. The largest absolute Gasteiger partial charge is 0.363 e. The van der Waals surface area contributed by atoms with Gasteiger partial charge in [-0.25, -0.2) is 4.39 Å². The summed E-state index contributed by atoms with van der Waals surface area (Å²) in [6, 6.07) is 6.09. The molecule has 0 aliphatic carbocycles. The lowest BCUT2D eigenvalue weighted by molar-refractivity contribution is -0.144. The van der Waals surface area contributed by atoms with Crippen LogP contribution in [0.4, 0.5) is 10.1 Å². The zero-order chi connectivity index (χ0) is 18.1. The summed E-state index contributed by atoms with van der Waals surface area (Å²) in [5.41, 5.74) is 1.63. The van der Waals surface area contributed by atoms with E-state index in [9.17, 15) is 9.18 Å². The van der Waals surface area contributed by atoms with Crippen molar-refractivity contribution in [3.8, 4) is 0 Å². The molecule has 2 aromatic rings. The van der Waals surface area contributed by atoms with Crippen molar-refractivity contribution in [3.05, 3.63) is 48.0 Å². The number of ether oxygens (including phenoxy) is 1. The summed E-state index contributed by atoms with van der Waals surface area (Å²) < 4.78 is 21.0. The first kappa shape index (κ1) is 17.2. The summed E-state index contributed by atoms with van der Waals surface area (Å²) in [5.74, 6) is -0.368. The van der Waals surface area contributed by atoms with E-state index >= 15 is 0 Å². The fourth-order valence-corrected chi connectivity index (χ4v) is 3.80. The lowest BCUT2D eigenvalue weighted by Gasteiger charge is -2.47. The number of aromatic nitrogens is 2. The minimum absolute atomic E-state index is 0.0694. The second kappa shape index (κ2) is 6.81. The van der Waals surface area contributed by atoms with Crippen molar-refractivity contribution >= 4 is 11.6 Å². The predicted octanol–water partition coefficient (Wildman–Crippen LogP) is 1.96. The summed E-state index contributed by atoms with van der Waals surface area (Å²) in [4.78, 5) is 16.4. The van der Waals surface area contributed by atoms with Crippen molar-refractivity contribution in [1.29, 1.82) is 0 Å². The lowest BCUT2D eigenvalue weighted by atomic mass is 9.89. The Bertz CT molecular complexity index is 781. The number of likely N-dealkylation sites (tertiary alicyclic amines) is 1. The van der Waals surface area contributed by atoms with Crippen molar-refractivity contribution in [2.75, 3.05) is 31.1 Å². The van der Waals surface area contributed by atoms with E-state index in [1.807, 2.05) is 24.1 Å². The normalized spacial score (nSPS) is 20.7. The van der Waals surface area contributed by atoms with Crippen LogP contribution in [-0.2, 0) is 23.1 Å². The van der Waals surface area contributed by atoms with Crippen LogP contribution in [0, 0.1) is 5.82 Å². The fraction of sp³-hybridized carbons (Fsp3) is 0.474. The monoisotopic (exact) mass is 358 g/mol. The van der Waals surface area contributed by atoms with E-state index in [1.165, 1.54) is 17.7 Å². The number of morpholine rings is 1. The molecule has 0 bridgehead atoms. The molecule has 0 atom stereocenters. The number of aryl methyl sites for hydroxylation is 1. The first-order chi connectivity index (χ1) is 12.5. The number of hydrogen-bond donors (Lipinski definition) is 0. The van der Waals surface area contributed by atoms with Crippen molar-refractivity contribution in [2.24, 2.45) is 7.05 Å². The van der Waals surface area contributed by atoms with Gasteiger partial charge in [0.1, 0.15) is 12.4 Å². The molecule has 138 valence electrons. The second-order valence-corrected chi connectivity index (χ2v) is 7.23. The third-order valence-corrected chi connectivity index (χ3v) is 5.32. The molecule has 26 heavy (non-hydrogen) atoms. The van der Waals surface area contributed by atoms with Crippen LogP contribution in [-0.4, -0.2) is 52.4 Å². The maximum atomic E-state index is 13.2. The lowest BCUT2D eigenvalue weighted by Crippen LogP contribution is -2.58. The summed E-state index contributed by atoms with van der Waals surface area (Å²) in [5, 5.41) is 4.22. The van der Waals surface area contributed by atoms with Gasteiger partial charge in [0, 0.05) is 44.1 Å². The molecule has 0 unspecified atom stereocenters. The van der Waals surface area contributed by atoms with Gasteiger partial charge in [0.25, 0.3) is 5.91 Å². The number of halogens is 1. The van der Waals surface area contributed by atoms with Gasteiger partial charge in [-0.15, -0.1) is 0 Å². The zero-order valence-corrected chi connectivity index (χ0v) is 14.9. The van der Waals surface area contributed by atoms with Crippen molar-refractivity contribution in [1.82, 2.24) is 14.7 Å². The summed E-state index contributed by atoms with van der Waals surface area (Å²) in [6.07, 6.45) is 5.68. The Kier molecular flexibility index (Phi) is 4.50. The van der Waals surface area contributed by atoms with Crippen LogP contribution in [0.25, 0.3) is 0 Å². The minimum Gasteiger partial charge on any atom is -0.363 e. The third kappa shape index (κ3) is 3.50. The molecule has 2 aliphatic heterocycles. The summed E-state index contributed by atoms with van der Waals surface area (Å²) in [7, 11) is 1.92. The average molecular weight is 358 g/mol. The molecule has 7 heteroatoms. The molecular formula is C19H23FN4O2. The molecule has 2 fully saturated rings. The highest BCUT2D eigenvalue weighted by Crippen LogP contribution is 2.33. The Morgan fingerprint density at radius 3 is 2.62 bits per heavy atom. The molecule has 1 aromatic carbocycles. The van der Waals surface area contributed by atoms with Crippen LogP contribution in [0.15, 0.2) is 36.7 Å². The van der Waals surface area contributed by atoms with Crippen LogP contribution >= 0.6 is 0 Å². The number of amides is 1. The van der Waals surface area contributed by atoms with E-state index in [2.05, 4.69) is 10.00 Å². The maximum absolute atomic E-state index is 13.2. The first-order valence-electron chi connectivity index (χ1n) is 8.93. The SMILES string of the molecule is Cn1cc(CN2CCC3(CC2)CN(c2ccc(F)cc2)C(=O)CO3)cn1. The van der Waals surface area contributed by atoms with Crippen LogP contribution < -0.4 is 4.90 Å². The molecule has 1 amide bonds. The number of anilines is 1. The molecule has 0 N–H and O–H groups in total. The Morgan fingerprint density at radius 1 is 1.23 bits per heavy atom. The van der Waals surface area contributed by atoms with Crippen LogP contribution in [0.1, 0.15) is 18.4 Å². The standard InChI is InChI=1S/C19H23FN4O2/c1-22-11-15(10-21-22)12-23-8-6-19(7-9-23)14-24(18(25)13-26-19)17-4-2-16(20)3-5-17/h2-5,10-11H,6-9,12-14H2,1H3. The van der Waals surface area contributed by atoms with Gasteiger partial charge >= 0.3 is 0 Å². The Balaban J connectivity index is 1.41. The quantitative estimate of drug-likeness (QED) is 0.842. The topological polar surface area (TPSA) is 50.6 Å². The van der Waals surface area contributed by atoms with Crippen molar-refractivity contribution < 1.29 is 13.9 Å². The van der Waals surface area contributed by atoms with Gasteiger partial charge in [-0.1, -0.05) is 0 Å². The predicted molar refractivity (Wildman–Crippen MR) is 95.2 cm³/mol. The highest BCUT2D eigenvalue weighted by Gasteiger charge is 2.42. The van der Waals surface area contributed by atoms with E-state index < -0.39 is 0 Å². The van der Waals surface area contributed by atoms with Crippen LogP contribution in [0.3, 0.4) is 0 Å². The van der Waals surface area contributed by atoms with Gasteiger partial charge in [-0.2, -0.15) is 5.10 Å². The van der Waals surface area contributed by atoms with Crippen molar-refractivity contribution in [2.45, 2.75) is 25.0 Å². The molecule has 0 radical (unpaired) electrons. The van der Waals surface area contributed by atoms with E-state index in [0.29, 0.717) is 6.54 Å². The first-order valence-corrected chi connectivity index (χ1v) is 8.93. The van der Waals surface area contributed by atoms with Gasteiger partial charge in [-0.05, 0) is 37.1 Å². The molecule has 4 rings (SSSR count). The van der Waals surface area contributed by atoms with Crippen molar-refractivity contribution in [3.63, 3.8) is 0 Å². The Morgan fingerprint density at radius 2 is 1.96 bits per heavy atom. The number of hydrogen-bond acceptors (Lipinski definition) is 4. The van der Waals surface area contributed by atoms with Gasteiger partial charge in [-0.3, -0.25) is 14.4 Å². The Labute approximate surface area is 152 Å². The van der Waals surface area contributed by atoms with Crippen LogP contribution in [0.5, 0.6) is 0 Å². The molecule has 1 aromatic heterocycles. The number of benzene rings is 1. The van der Waals surface area contributed by atoms with Gasteiger partial charge in [0.2, 0.25) is 0 Å². The number of rotatable bonds is 3. The van der Waals surface area contributed by atoms with Gasteiger partial charge < -0.3 is 9.64 Å². The minimum atomic E-state index is -0.312. The van der Waals surface area contributed by atoms with E-state index in [0.717, 1.165) is 38.2 Å². The smallest absolute Gasteiger partial charge is 0.253 e. The molecular weight excluding hydrogens is 335 g/mol. The average Bonchev–Trinajstić information content (AvgIpc) is 3.05. The van der Waals surface area contributed by atoms with E-state index in [1.54, 1.807) is 17.0 Å². The molecule has 2 saturated heterocycles. The molecule has 3 heterocycles. The number of piperidine rings is 1. The molecule has 6 nitrogen and oxygen atoms in total. The summed E-state index contributed by atoms with van der Waals surface area (Å²) >= 11 is 0. The Hall–Kier alpha value is -2.25. The third-order valence-electron chi connectivity index (χ3n) is 5.32. The van der Waals surface area contributed by atoms with Crippen LogP contribution in [0.2, 0.25) is 0 Å². The number of carbonyl (C=O) groups excluding carboxylic acids is 1. The number of carbonyl (C=O) groups is 1. The zero-order valence-electron chi connectivity index (χ0n) is 14.9. The molecule has 0 saturated carbocycles. The number of nitrogens with zero attached hydrogens (tertiary/aromatic N) is 4. The van der Waals surface area contributed by atoms with E-state index in [-0.39, 0.29) is 23.9 Å². The second-order valence-electron chi connectivity index (χ2n) is 7.23. The summed E-state index contributed by atoms with van der Waals surface area (Å²) in [6.45, 7) is 3.32. The highest BCUT2D eigenvalue weighted by molar-refractivity contribution is 5.95. The maximum Gasteiger partial charge on any atom is 0.253 e. The van der Waals surface area contributed by atoms with Gasteiger partial charge in [0.05, 0.1) is 18.3 Å².